The fourth-order valence-corrected chi connectivity index (χ4v) is 3.32. The van der Waals surface area contributed by atoms with Crippen molar-refractivity contribution in [1.29, 1.82) is 0 Å². The molecule has 1 aromatic carbocycles. The number of rotatable bonds is 2. The first-order valence-corrected chi connectivity index (χ1v) is 6.77. The summed E-state index contributed by atoms with van der Waals surface area (Å²) in [5.41, 5.74) is 2.29. The summed E-state index contributed by atoms with van der Waals surface area (Å²) < 4.78 is 13.6. The van der Waals surface area contributed by atoms with E-state index < -0.39 is 6.10 Å². The lowest BCUT2D eigenvalue weighted by Crippen LogP contribution is -2.24. The second-order valence-electron chi connectivity index (χ2n) is 6.40. The molecule has 1 aliphatic rings. The molecule has 1 fully saturated rings. The standard InChI is InChI=1S/C16H23FO/c1-10-8-12(9-11(2)14(10)17)15(18)13-6-5-7-16(13,3)4/h8-9,13,15,18H,5-7H2,1-4H3. The fourth-order valence-electron chi connectivity index (χ4n) is 3.32. The Hall–Kier alpha value is -0.890. The van der Waals surface area contributed by atoms with Crippen molar-refractivity contribution in [2.24, 2.45) is 11.3 Å². The molecule has 2 rings (SSSR count). The molecule has 1 aromatic rings. The van der Waals surface area contributed by atoms with Crippen molar-refractivity contribution in [2.75, 3.05) is 0 Å². The van der Waals surface area contributed by atoms with E-state index >= 15 is 0 Å². The topological polar surface area (TPSA) is 20.2 Å². The highest BCUT2D eigenvalue weighted by atomic mass is 19.1. The van der Waals surface area contributed by atoms with Gasteiger partial charge in [-0.1, -0.05) is 32.4 Å². The van der Waals surface area contributed by atoms with Crippen LogP contribution in [-0.4, -0.2) is 5.11 Å². The summed E-state index contributed by atoms with van der Waals surface area (Å²) >= 11 is 0. The molecule has 0 bridgehead atoms. The van der Waals surface area contributed by atoms with E-state index in [0.717, 1.165) is 18.4 Å². The summed E-state index contributed by atoms with van der Waals surface area (Å²) in [7, 11) is 0. The van der Waals surface area contributed by atoms with E-state index in [1.54, 1.807) is 26.0 Å². The summed E-state index contributed by atoms with van der Waals surface area (Å²) in [6.07, 6.45) is 2.92. The maximum atomic E-state index is 13.6. The fraction of sp³-hybridized carbons (Fsp3) is 0.625. The average molecular weight is 250 g/mol. The van der Waals surface area contributed by atoms with Gasteiger partial charge in [-0.25, -0.2) is 4.39 Å². The molecule has 0 heterocycles. The maximum Gasteiger partial charge on any atom is 0.129 e. The van der Waals surface area contributed by atoms with E-state index in [-0.39, 0.29) is 17.2 Å². The van der Waals surface area contributed by atoms with Gasteiger partial charge in [-0.15, -0.1) is 0 Å². The second kappa shape index (κ2) is 4.65. The molecular weight excluding hydrogens is 227 g/mol. The molecule has 0 amide bonds. The predicted octanol–water partition coefficient (Wildman–Crippen LogP) is 4.30. The normalized spacial score (nSPS) is 24.2. The molecule has 0 aromatic heterocycles. The molecule has 2 atom stereocenters. The Labute approximate surface area is 109 Å². The summed E-state index contributed by atoms with van der Waals surface area (Å²) in [5, 5.41) is 10.6. The molecule has 0 spiro atoms. The highest BCUT2D eigenvalue weighted by Crippen LogP contribution is 2.48. The lowest BCUT2D eigenvalue weighted by atomic mass is 9.76. The van der Waals surface area contributed by atoms with Crippen LogP contribution in [0.3, 0.4) is 0 Å². The Morgan fingerprint density at radius 2 is 1.83 bits per heavy atom. The van der Waals surface area contributed by atoms with E-state index in [9.17, 15) is 9.50 Å². The van der Waals surface area contributed by atoms with Gasteiger partial charge >= 0.3 is 0 Å². The largest absolute Gasteiger partial charge is 0.388 e. The molecule has 0 aliphatic heterocycles. The lowest BCUT2D eigenvalue weighted by Gasteiger charge is -2.31. The number of halogens is 1. The summed E-state index contributed by atoms with van der Waals surface area (Å²) in [6.45, 7) is 7.96. The van der Waals surface area contributed by atoms with Crippen molar-refractivity contribution in [3.05, 3.63) is 34.6 Å². The van der Waals surface area contributed by atoms with Gasteiger partial charge in [0, 0.05) is 0 Å². The van der Waals surface area contributed by atoms with Crippen molar-refractivity contribution in [1.82, 2.24) is 0 Å². The van der Waals surface area contributed by atoms with Crippen molar-refractivity contribution in [3.8, 4) is 0 Å². The molecule has 1 N–H and O–H groups in total. The first-order valence-electron chi connectivity index (χ1n) is 6.77. The van der Waals surface area contributed by atoms with Crippen LogP contribution < -0.4 is 0 Å². The Bertz CT molecular complexity index is 427. The van der Waals surface area contributed by atoms with Gasteiger partial charge < -0.3 is 5.11 Å². The average Bonchev–Trinajstić information content (AvgIpc) is 2.64. The SMILES string of the molecule is Cc1cc(C(O)C2CCCC2(C)C)cc(C)c1F. The Morgan fingerprint density at radius 3 is 2.28 bits per heavy atom. The predicted molar refractivity (Wildman–Crippen MR) is 72.0 cm³/mol. The second-order valence-corrected chi connectivity index (χ2v) is 6.40. The number of hydrogen-bond donors (Lipinski definition) is 1. The zero-order valence-corrected chi connectivity index (χ0v) is 11.8. The minimum absolute atomic E-state index is 0.156. The van der Waals surface area contributed by atoms with Gasteiger partial charge in [0.2, 0.25) is 0 Å². The number of aliphatic hydroxyl groups excluding tert-OH is 1. The Balaban J connectivity index is 2.32. The molecule has 18 heavy (non-hydrogen) atoms. The van der Waals surface area contributed by atoms with Gasteiger partial charge in [0.15, 0.2) is 0 Å². The molecule has 1 nitrogen and oxygen atoms in total. The number of hydrogen-bond acceptors (Lipinski definition) is 1. The first kappa shape index (κ1) is 13.5. The van der Waals surface area contributed by atoms with Crippen LogP contribution in [0.4, 0.5) is 4.39 Å². The van der Waals surface area contributed by atoms with Crippen LogP contribution in [0.5, 0.6) is 0 Å². The zero-order chi connectivity index (χ0) is 13.5. The maximum absolute atomic E-state index is 13.6. The molecule has 0 radical (unpaired) electrons. The molecule has 100 valence electrons. The van der Waals surface area contributed by atoms with E-state index in [1.165, 1.54) is 6.42 Å². The lowest BCUT2D eigenvalue weighted by molar-refractivity contribution is 0.0530. The molecule has 1 aliphatic carbocycles. The zero-order valence-electron chi connectivity index (χ0n) is 11.8. The minimum Gasteiger partial charge on any atom is -0.388 e. The highest BCUT2D eigenvalue weighted by Gasteiger charge is 2.39. The van der Waals surface area contributed by atoms with E-state index in [4.69, 9.17) is 0 Å². The number of benzene rings is 1. The molecule has 1 saturated carbocycles. The van der Waals surface area contributed by atoms with Crippen molar-refractivity contribution in [3.63, 3.8) is 0 Å². The van der Waals surface area contributed by atoms with Crippen LogP contribution >= 0.6 is 0 Å². The van der Waals surface area contributed by atoms with Gasteiger partial charge in [0.1, 0.15) is 5.82 Å². The third kappa shape index (κ3) is 2.31. The van der Waals surface area contributed by atoms with Crippen LogP contribution in [-0.2, 0) is 0 Å². The van der Waals surface area contributed by atoms with Gasteiger partial charge in [0.05, 0.1) is 6.10 Å². The minimum atomic E-state index is -0.472. The molecular formula is C16H23FO. The van der Waals surface area contributed by atoms with Gasteiger partial charge in [-0.05, 0) is 54.7 Å². The van der Waals surface area contributed by atoms with Crippen LogP contribution in [0.15, 0.2) is 12.1 Å². The van der Waals surface area contributed by atoms with E-state index in [1.807, 2.05) is 0 Å². The number of aryl methyl sites for hydroxylation is 2. The third-order valence-electron chi connectivity index (χ3n) is 4.52. The van der Waals surface area contributed by atoms with Gasteiger partial charge in [-0.2, -0.15) is 0 Å². The van der Waals surface area contributed by atoms with Crippen LogP contribution in [0.2, 0.25) is 0 Å². The van der Waals surface area contributed by atoms with Gasteiger partial charge in [0.25, 0.3) is 0 Å². The molecule has 0 saturated heterocycles. The van der Waals surface area contributed by atoms with Gasteiger partial charge in [-0.3, -0.25) is 0 Å². The monoisotopic (exact) mass is 250 g/mol. The molecule has 2 unspecified atom stereocenters. The summed E-state index contributed by atoms with van der Waals surface area (Å²) in [6, 6.07) is 3.59. The van der Waals surface area contributed by atoms with E-state index in [2.05, 4.69) is 13.8 Å². The van der Waals surface area contributed by atoms with Crippen LogP contribution in [0.25, 0.3) is 0 Å². The van der Waals surface area contributed by atoms with Crippen molar-refractivity contribution < 1.29 is 9.50 Å². The first-order chi connectivity index (χ1) is 8.33. The smallest absolute Gasteiger partial charge is 0.129 e. The van der Waals surface area contributed by atoms with Crippen molar-refractivity contribution in [2.45, 2.75) is 53.1 Å². The third-order valence-corrected chi connectivity index (χ3v) is 4.52. The van der Waals surface area contributed by atoms with Crippen LogP contribution in [0.1, 0.15) is 55.9 Å². The summed E-state index contributed by atoms with van der Waals surface area (Å²) in [5.74, 6) is 0.124. The molecule has 2 heteroatoms. The Kier molecular flexibility index (Phi) is 3.50. The highest BCUT2D eigenvalue weighted by molar-refractivity contribution is 5.32. The number of aliphatic hydroxyl groups is 1. The van der Waals surface area contributed by atoms with E-state index in [0.29, 0.717) is 11.1 Å². The summed E-state index contributed by atoms with van der Waals surface area (Å²) in [4.78, 5) is 0. The van der Waals surface area contributed by atoms with Crippen molar-refractivity contribution >= 4 is 0 Å². The van der Waals surface area contributed by atoms with Crippen LogP contribution in [0, 0.1) is 31.0 Å². The Morgan fingerprint density at radius 1 is 1.28 bits per heavy atom. The quantitative estimate of drug-likeness (QED) is 0.829.